The monoisotopic (exact) mass is 616 g/mol. The Hall–Kier alpha value is -2.83. The molecule has 3 fully saturated rings. The van der Waals surface area contributed by atoms with Crippen LogP contribution in [0.25, 0.3) is 0 Å². The molecule has 2 aromatic rings. The van der Waals surface area contributed by atoms with Crippen LogP contribution in [-0.4, -0.2) is 91.2 Å². The van der Waals surface area contributed by atoms with E-state index < -0.39 is 15.8 Å². The van der Waals surface area contributed by atoms with Gasteiger partial charge in [-0.25, -0.2) is 27.5 Å². The summed E-state index contributed by atoms with van der Waals surface area (Å²) in [6.07, 6.45) is 9.31. The van der Waals surface area contributed by atoms with Crippen LogP contribution in [0.15, 0.2) is 30.7 Å². The average molecular weight is 617 g/mol. The van der Waals surface area contributed by atoms with Crippen molar-refractivity contribution in [3.8, 4) is 11.5 Å². The molecule has 1 aromatic carbocycles. The molecule has 2 saturated heterocycles. The summed E-state index contributed by atoms with van der Waals surface area (Å²) in [6.45, 7) is 12.6. The predicted molar refractivity (Wildman–Crippen MR) is 164 cm³/mol. The van der Waals surface area contributed by atoms with Crippen LogP contribution in [0.1, 0.15) is 70.2 Å². The number of nitrogens with one attached hydrogen (secondary N) is 1. The molecule has 1 aromatic heterocycles. The lowest BCUT2D eigenvalue weighted by molar-refractivity contribution is -0.0386. The zero-order valence-corrected chi connectivity index (χ0v) is 26.7. The number of hydrogen-bond donors (Lipinski definition) is 1. The van der Waals surface area contributed by atoms with Crippen LogP contribution in [0.5, 0.6) is 11.5 Å². The number of aromatic nitrogens is 2. The summed E-state index contributed by atoms with van der Waals surface area (Å²) in [5.41, 5.74) is 0.497. The van der Waals surface area contributed by atoms with Crippen molar-refractivity contribution < 1.29 is 22.3 Å². The molecule has 0 unspecified atom stereocenters. The number of sulfonamides is 1. The van der Waals surface area contributed by atoms with Gasteiger partial charge in [-0.05, 0) is 89.3 Å². The highest BCUT2D eigenvalue weighted by Gasteiger charge is 2.46. The fourth-order valence-electron chi connectivity index (χ4n) is 7.24. The van der Waals surface area contributed by atoms with Gasteiger partial charge < -0.3 is 19.4 Å². The summed E-state index contributed by atoms with van der Waals surface area (Å²) in [5, 5.41) is 0. The van der Waals surface area contributed by atoms with Crippen molar-refractivity contribution in [3.63, 3.8) is 0 Å². The molecule has 3 aliphatic rings. The van der Waals surface area contributed by atoms with Gasteiger partial charge in [0.1, 0.15) is 17.9 Å². The third-order valence-corrected chi connectivity index (χ3v) is 9.81. The zero-order valence-electron chi connectivity index (χ0n) is 25.9. The van der Waals surface area contributed by atoms with Gasteiger partial charge in [-0.2, -0.15) is 0 Å². The third kappa shape index (κ3) is 7.46. The van der Waals surface area contributed by atoms with Gasteiger partial charge in [0.25, 0.3) is 5.91 Å². The minimum absolute atomic E-state index is 0.0611. The van der Waals surface area contributed by atoms with Gasteiger partial charge in [0.15, 0.2) is 11.6 Å². The number of nitrogens with zero attached hydrogens (tertiary/aromatic N) is 5. The lowest BCUT2D eigenvalue weighted by atomic mass is 9.67. The molecule has 1 N–H and O–H groups in total. The molecule has 1 amide bonds. The number of carbonyl (C=O) groups excluding carboxylic acids is 1. The van der Waals surface area contributed by atoms with E-state index in [1.54, 1.807) is 11.1 Å². The Morgan fingerprint density at radius 3 is 2.49 bits per heavy atom. The summed E-state index contributed by atoms with van der Waals surface area (Å²) < 4.78 is 46.5. The van der Waals surface area contributed by atoms with Crippen LogP contribution in [0.2, 0.25) is 0 Å². The molecule has 3 heterocycles. The number of amides is 1. The maximum Gasteiger partial charge on any atom is 0.258 e. The van der Waals surface area contributed by atoms with E-state index in [1.807, 2.05) is 27.7 Å². The molecule has 1 aliphatic carbocycles. The van der Waals surface area contributed by atoms with Gasteiger partial charge in [-0.3, -0.25) is 4.79 Å². The molecule has 1 atom stereocenters. The van der Waals surface area contributed by atoms with Crippen LogP contribution >= 0.6 is 0 Å². The van der Waals surface area contributed by atoms with Crippen molar-refractivity contribution in [2.75, 3.05) is 43.9 Å². The first kappa shape index (κ1) is 31.6. The number of rotatable bonds is 10. The van der Waals surface area contributed by atoms with E-state index >= 15 is 0 Å². The SMILES string of the molecule is CC(C)N(C(=O)c1cc(F)ccc1Oc1cncnc1N1CC[C@@H](CN2CC3(CCC(NS(C)(=O)=O)CC3)C2)C1)C(C)C. The fourth-order valence-corrected chi connectivity index (χ4v) is 8.08. The van der Waals surface area contributed by atoms with E-state index in [0.29, 0.717) is 22.9 Å². The van der Waals surface area contributed by atoms with Crippen LogP contribution < -0.4 is 14.4 Å². The van der Waals surface area contributed by atoms with E-state index in [-0.39, 0.29) is 35.3 Å². The first-order valence-electron chi connectivity index (χ1n) is 15.4. The van der Waals surface area contributed by atoms with Crippen molar-refractivity contribution in [3.05, 3.63) is 42.1 Å². The number of carbonyl (C=O) groups is 1. The van der Waals surface area contributed by atoms with Gasteiger partial charge in [0.2, 0.25) is 10.0 Å². The van der Waals surface area contributed by atoms with Crippen molar-refractivity contribution >= 4 is 21.7 Å². The quantitative estimate of drug-likeness (QED) is 0.422. The number of benzene rings is 1. The molecular formula is C31H45FN6O4S. The Morgan fingerprint density at radius 2 is 1.84 bits per heavy atom. The van der Waals surface area contributed by atoms with Crippen LogP contribution in [-0.2, 0) is 10.0 Å². The van der Waals surface area contributed by atoms with Crippen molar-refractivity contribution in [2.45, 2.75) is 77.9 Å². The van der Waals surface area contributed by atoms with Gasteiger partial charge >= 0.3 is 0 Å². The van der Waals surface area contributed by atoms with Crippen molar-refractivity contribution in [2.24, 2.45) is 11.3 Å². The summed E-state index contributed by atoms with van der Waals surface area (Å²) >= 11 is 0. The fraction of sp³-hybridized carbons (Fsp3) is 0.645. The molecule has 43 heavy (non-hydrogen) atoms. The standard InChI is InChI=1S/C31H45FN6O4S/c1-21(2)38(22(3)4)30(39)26-14-24(32)6-7-27(26)42-28-15-33-20-34-29(28)37-13-10-23(17-37)16-36-18-31(19-36)11-8-25(9-12-31)35-43(5,40)41/h6-7,14-15,20-23,25,35H,8-13,16-19H2,1-5H3/t23-/m0/s1. The van der Waals surface area contributed by atoms with Crippen LogP contribution in [0, 0.1) is 17.2 Å². The summed E-state index contributed by atoms with van der Waals surface area (Å²) in [6, 6.07) is 3.97. The van der Waals surface area contributed by atoms with E-state index in [4.69, 9.17) is 4.74 Å². The van der Waals surface area contributed by atoms with Crippen LogP contribution in [0.4, 0.5) is 10.2 Å². The number of likely N-dealkylation sites (tertiary alicyclic amines) is 1. The molecule has 5 rings (SSSR count). The highest BCUT2D eigenvalue weighted by atomic mass is 32.2. The summed E-state index contributed by atoms with van der Waals surface area (Å²) in [5.74, 6) is 1.08. The Balaban J connectivity index is 1.20. The molecule has 10 nitrogen and oxygen atoms in total. The smallest absolute Gasteiger partial charge is 0.258 e. The zero-order chi connectivity index (χ0) is 30.9. The highest BCUT2D eigenvalue weighted by Crippen LogP contribution is 2.45. The molecule has 12 heteroatoms. The molecule has 0 radical (unpaired) electrons. The summed E-state index contributed by atoms with van der Waals surface area (Å²) in [7, 11) is -3.16. The second-order valence-electron chi connectivity index (χ2n) is 13.3. The number of ether oxygens (including phenoxy) is 1. The van der Waals surface area contributed by atoms with Gasteiger partial charge in [0, 0.05) is 50.8 Å². The maximum atomic E-state index is 14.3. The lowest BCUT2D eigenvalue weighted by Crippen LogP contribution is -2.59. The van der Waals surface area contributed by atoms with Gasteiger partial charge in [-0.1, -0.05) is 0 Å². The third-order valence-electron chi connectivity index (χ3n) is 9.04. The minimum atomic E-state index is -3.16. The largest absolute Gasteiger partial charge is 0.451 e. The molecule has 1 spiro atoms. The van der Waals surface area contributed by atoms with Gasteiger partial charge in [-0.15, -0.1) is 0 Å². The van der Waals surface area contributed by atoms with E-state index in [1.165, 1.54) is 30.8 Å². The topological polar surface area (TPSA) is 108 Å². The molecule has 0 bridgehead atoms. The Bertz CT molecular complexity index is 1400. The Morgan fingerprint density at radius 1 is 1.14 bits per heavy atom. The van der Waals surface area contributed by atoms with Crippen molar-refractivity contribution in [1.29, 1.82) is 0 Å². The first-order valence-corrected chi connectivity index (χ1v) is 17.3. The average Bonchev–Trinajstić information content (AvgIpc) is 3.37. The van der Waals surface area contributed by atoms with Crippen LogP contribution in [0.3, 0.4) is 0 Å². The number of halogens is 1. The highest BCUT2D eigenvalue weighted by molar-refractivity contribution is 7.88. The molecular weight excluding hydrogens is 571 g/mol. The second-order valence-corrected chi connectivity index (χ2v) is 15.1. The molecule has 1 saturated carbocycles. The second kappa shape index (κ2) is 12.6. The first-order chi connectivity index (χ1) is 20.3. The number of hydrogen-bond acceptors (Lipinski definition) is 8. The predicted octanol–water partition coefficient (Wildman–Crippen LogP) is 4.29. The van der Waals surface area contributed by atoms with E-state index in [2.05, 4.69) is 24.5 Å². The molecule has 236 valence electrons. The van der Waals surface area contributed by atoms with E-state index in [9.17, 15) is 17.6 Å². The molecule has 2 aliphatic heterocycles. The van der Waals surface area contributed by atoms with Crippen molar-refractivity contribution in [1.82, 2.24) is 24.5 Å². The summed E-state index contributed by atoms with van der Waals surface area (Å²) in [4.78, 5) is 28.7. The van der Waals surface area contributed by atoms with Gasteiger partial charge in [0.05, 0.1) is 18.0 Å². The van der Waals surface area contributed by atoms with E-state index in [0.717, 1.165) is 64.8 Å². The Kier molecular flexibility index (Phi) is 9.29. The lowest BCUT2D eigenvalue weighted by Gasteiger charge is -2.54. The number of anilines is 1. The Labute approximate surface area is 255 Å². The normalized spacial score (nSPS) is 21.0. The minimum Gasteiger partial charge on any atom is -0.451 e. The maximum absolute atomic E-state index is 14.3.